The average molecular weight is 275 g/mol. The van der Waals surface area contributed by atoms with Crippen LogP contribution in [0.1, 0.15) is 29.2 Å². The fourth-order valence-electron chi connectivity index (χ4n) is 1.79. The van der Waals surface area contributed by atoms with Gasteiger partial charge in [-0.1, -0.05) is 0 Å². The van der Waals surface area contributed by atoms with Gasteiger partial charge in [0.25, 0.3) is 0 Å². The van der Waals surface area contributed by atoms with Crippen LogP contribution in [0, 0.1) is 12.8 Å². The third-order valence-corrected chi connectivity index (χ3v) is 4.19. The smallest absolute Gasteiger partial charge is 0.311 e. The molecule has 1 saturated carbocycles. The molecule has 1 unspecified atom stereocenters. The first-order valence-electron chi connectivity index (χ1n) is 4.58. The van der Waals surface area contributed by atoms with Crippen molar-refractivity contribution in [2.75, 3.05) is 0 Å². The summed E-state index contributed by atoms with van der Waals surface area (Å²) in [6.07, 6.45) is 2.12. The van der Waals surface area contributed by atoms with Gasteiger partial charge in [0.15, 0.2) is 0 Å². The van der Waals surface area contributed by atoms with Gasteiger partial charge in [-0.2, -0.15) is 0 Å². The lowest BCUT2D eigenvalue weighted by molar-refractivity contribution is -0.139. The third-order valence-electron chi connectivity index (χ3n) is 2.62. The summed E-state index contributed by atoms with van der Waals surface area (Å²) in [5, 5.41) is 9.16. The summed E-state index contributed by atoms with van der Waals surface area (Å²) in [4.78, 5) is 12.3. The minimum Gasteiger partial charge on any atom is -0.481 e. The minimum atomic E-state index is -0.680. The van der Waals surface area contributed by atoms with Crippen LogP contribution in [-0.4, -0.2) is 11.1 Å². The van der Waals surface area contributed by atoms with Gasteiger partial charge in [-0.3, -0.25) is 4.79 Å². The summed E-state index contributed by atoms with van der Waals surface area (Å²) in [6, 6.07) is 1.96. The molecule has 14 heavy (non-hydrogen) atoms. The lowest BCUT2D eigenvalue weighted by Crippen LogP contribution is -2.13. The number of rotatable bonds is 3. The quantitative estimate of drug-likeness (QED) is 0.918. The van der Waals surface area contributed by atoms with E-state index in [1.807, 2.05) is 13.0 Å². The van der Waals surface area contributed by atoms with Gasteiger partial charge in [0, 0.05) is 4.88 Å². The predicted molar refractivity (Wildman–Crippen MR) is 59.9 cm³/mol. The van der Waals surface area contributed by atoms with Gasteiger partial charge in [-0.25, -0.2) is 0 Å². The standard InChI is InChI=1S/C10H11BrO2S/c1-5-7(4-8(11)14-5)9(10(12)13)6-2-3-6/h4,6,9H,2-3H2,1H3,(H,12,13). The van der Waals surface area contributed by atoms with Gasteiger partial charge in [-0.05, 0) is 53.2 Å². The van der Waals surface area contributed by atoms with Crippen molar-refractivity contribution in [2.24, 2.45) is 5.92 Å². The fourth-order valence-corrected chi connectivity index (χ4v) is 3.54. The Balaban J connectivity index is 2.34. The number of hydrogen-bond donors (Lipinski definition) is 1. The van der Waals surface area contributed by atoms with Crippen LogP contribution >= 0.6 is 27.3 Å². The molecule has 1 aliphatic carbocycles. The normalized spacial score (nSPS) is 18.1. The van der Waals surface area contributed by atoms with Gasteiger partial charge >= 0.3 is 5.97 Å². The molecule has 2 nitrogen and oxygen atoms in total. The van der Waals surface area contributed by atoms with Gasteiger partial charge in [0.1, 0.15) is 0 Å². The molecule has 76 valence electrons. The minimum absolute atomic E-state index is 0.280. The molecule has 1 aromatic heterocycles. The van der Waals surface area contributed by atoms with Gasteiger partial charge < -0.3 is 5.11 Å². The van der Waals surface area contributed by atoms with Crippen LogP contribution in [0.3, 0.4) is 0 Å². The molecule has 0 radical (unpaired) electrons. The molecule has 1 aliphatic rings. The lowest BCUT2D eigenvalue weighted by atomic mass is 9.95. The Morgan fingerprint density at radius 2 is 2.36 bits per heavy atom. The molecule has 0 saturated heterocycles. The van der Waals surface area contributed by atoms with E-state index in [0.29, 0.717) is 5.92 Å². The van der Waals surface area contributed by atoms with Crippen LogP contribution in [0.4, 0.5) is 0 Å². The molecular formula is C10H11BrO2S. The Bertz CT molecular complexity index is 368. The maximum Gasteiger partial charge on any atom is 0.311 e. The first-order chi connectivity index (χ1) is 6.59. The summed E-state index contributed by atoms with van der Waals surface area (Å²) in [7, 11) is 0. The number of thiophene rings is 1. The molecule has 2 rings (SSSR count). The molecule has 0 aromatic carbocycles. The molecule has 0 aliphatic heterocycles. The van der Waals surface area contributed by atoms with Gasteiger partial charge in [0.05, 0.1) is 9.70 Å². The van der Waals surface area contributed by atoms with E-state index >= 15 is 0 Å². The summed E-state index contributed by atoms with van der Waals surface area (Å²) in [5.41, 5.74) is 0.997. The van der Waals surface area contributed by atoms with Crippen molar-refractivity contribution in [3.63, 3.8) is 0 Å². The Labute approximate surface area is 95.1 Å². The van der Waals surface area contributed by atoms with Crippen LogP contribution in [-0.2, 0) is 4.79 Å². The second-order valence-electron chi connectivity index (χ2n) is 3.72. The first-order valence-corrected chi connectivity index (χ1v) is 6.19. The number of carboxylic acids is 1. The summed E-state index contributed by atoms with van der Waals surface area (Å²) in [6.45, 7) is 1.99. The van der Waals surface area contributed by atoms with Crippen molar-refractivity contribution in [1.82, 2.24) is 0 Å². The second kappa shape index (κ2) is 3.66. The van der Waals surface area contributed by atoms with Crippen molar-refractivity contribution in [3.05, 3.63) is 20.3 Å². The van der Waals surface area contributed by atoms with E-state index in [-0.39, 0.29) is 5.92 Å². The Morgan fingerprint density at radius 3 is 2.71 bits per heavy atom. The van der Waals surface area contributed by atoms with Crippen molar-refractivity contribution in [3.8, 4) is 0 Å². The highest BCUT2D eigenvalue weighted by Gasteiger charge is 2.38. The molecule has 0 bridgehead atoms. The second-order valence-corrected chi connectivity index (χ2v) is 6.35. The van der Waals surface area contributed by atoms with E-state index in [9.17, 15) is 4.79 Å². The Kier molecular flexibility index (Phi) is 2.66. The van der Waals surface area contributed by atoms with E-state index in [1.54, 1.807) is 11.3 Å². The highest BCUT2D eigenvalue weighted by Crippen LogP contribution is 2.45. The van der Waals surface area contributed by atoms with E-state index in [2.05, 4.69) is 15.9 Å². The largest absolute Gasteiger partial charge is 0.481 e. The molecule has 1 N–H and O–H groups in total. The van der Waals surface area contributed by atoms with Crippen LogP contribution in [0.15, 0.2) is 9.85 Å². The molecule has 0 amide bonds. The van der Waals surface area contributed by atoms with Crippen LogP contribution in [0.2, 0.25) is 0 Å². The molecule has 1 aromatic rings. The van der Waals surface area contributed by atoms with E-state index in [4.69, 9.17) is 5.11 Å². The van der Waals surface area contributed by atoms with Crippen molar-refractivity contribution in [2.45, 2.75) is 25.7 Å². The predicted octanol–water partition coefficient (Wildman–Crippen LogP) is 3.40. The number of carbonyl (C=O) groups is 1. The molecular weight excluding hydrogens is 264 g/mol. The molecule has 1 fully saturated rings. The lowest BCUT2D eigenvalue weighted by Gasteiger charge is -2.10. The monoisotopic (exact) mass is 274 g/mol. The Morgan fingerprint density at radius 1 is 1.71 bits per heavy atom. The van der Waals surface area contributed by atoms with Crippen LogP contribution in [0.25, 0.3) is 0 Å². The summed E-state index contributed by atoms with van der Waals surface area (Å²) in [5.74, 6) is -0.592. The number of halogens is 1. The maximum absolute atomic E-state index is 11.1. The third kappa shape index (κ3) is 1.86. The highest BCUT2D eigenvalue weighted by molar-refractivity contribution is 9.11. The maximum atomic E-state index is 11.1. The molecule has 1 heterocycles. The van der Waals surface area contributed by atoms with Crippen molar-refractivity contribution >= 4 is 33.2 Å². The van der Waals surface area contributed by atoms with Crippen LogP contribution < -0.4 is 0 Å². The molecule has 0 spiro atoms. The van der Waals surface area contributed by atoms with Gasteiger partial charge in [0.2, 0.25) is 0 Å². The summed E-state index contributed by atoms with van der Waals surface area (Å²) < 4.78 is 1.02. The van der Waals surface area contributed by atoms with Gasteiger partial charge in [-0.15, -0.1) is 11.3 Å². The zero-order valence-electron chi connectivity index (χ0n) is 7.79. The molecule has 1 atom stereocenters. The number of carboxylic acid groups (broad SMARTS) is 1. The highest BCUT2D eigenvalue weighted by atomic mass is 79.9. The van der Waals surface area contributed by atoms with Crippen molar-refractivity contribution < 1.29 is 9.90 Å². The number of aryl methyl sites for hydroxylation is 1. The first kappa shape index (κ1) is 10.2. The molecule has 4 heteroatoms. The SMILES string of the molecule is Cc1sc(Br)cc1C(C(=O)O)C1CC1. The van der Waals surface area contributed by atoms with E-state index < -0.39 is 5.97 Å². The fraction of sp³-hybridized carbons (Fsp3) is 0.500. The zero-order chi connectivity index (χ0) is 10.3. The number of aliphatic carboxylic acids is 1. The van der Waals surface area contributed by atoms with E-state index in [1.165, 1.54) is 0 Å². The Hall–Kier alpha value is -0.350. The zero-order valence-corrected chi connectivity index (χ0v) is 10.2. The number of hydrogen-bond acceptors (Lipinski definition) is 2. The average Bonchev–Trinajstić information content (AvgIpc) is 2.81. The van der Waals surface area contributed by atoms with Crippen molar-refractivity contribution in [1.29, 1.82) is 0 Å². The van der Waals surface area contributed by atoms with Crippen LogP contribution in [0.5, 0.6) is 0 Å². The topological polar surface area (TPSA) is 37.3 Å². The van der Waals surface area contributed by atoms with E-state index in [0.717, 1.165) is 27.1 Å². The summed E-state index contributed by atoms with van der Waals surface area (Å²) >= 11 is 5.01.